The van der Waals surface area contributed by atoms with E-state index < -0.39 is 16.2 Å². The molecule has 0 amide bonds. The fraction of sp³-hybridized carbons (Fsp3) is 0.909. The third-order valence-electron chi connectivity index (χ3n) is 3.02. The smallest absolute Gasteiger partial charge is 0.304 e. The second-order valence-corrected chi connectivity index (χ2v) is 6.66. The van der Waals surface area contributed by atoms with Gasteiger partial charge in [0.15, 0.2) is 0 Å². The van der Waals surface area contributed by atoms with Crippen molar-refractivity contribution in [2.24, 2.45) is 0 Å². The summed E-state index contributed by atoms with van der Waals surface area (Å²) in [6.07, 6.45) is 3.27. The van der Waals surface area contributed by atoms with Crippen LogP contribution in [-0.2, 0) is 15.0 Å². The Morgan fingerprint density at radius 3 is 2.39 bits per heavy atom. The monoisotopic (exact) mass is 278 g/mol. The van der Waals surface area contributed by atoms with E-state index in [4.69, 9.17) is 5.11 Å². The van der Waals surface area contributed by atoms with Gasteiger partial charge in [0.1, 0.15) is 0 Å². The van der Waals surface area contributed by atoms with Gasteiger partial charge < -0.3 is 5.11 Å². The van der Waals surface area contributed by atoms with E-state index in [1.54, 1.807) is 7.05 Å². The van der Waals surface area contributed by atoms with Crippen LogP contribution in [0.4, 0.5) is 0 Å². The molecule has 0 aromatic rings. The third-order valence-corrected chi connectivity index (χ3v) is 5.06. The number of aliphatic carboxylic acids is 1. The first-order valence-corrected chi connectivity index (χ1v) is 7.74. The van der Waals surface area contributed by atoms with E-state index in [9.17, 15) is 13.2 Å². The molecule has 0 spiro atoms. The van der Waals surface area contributed by atoms with Gasteiger partial charge in [0.05, 0.1) is 6.42 Å². The summed E-state index contributed by atoms with van der Waals surface area (Å²) in [6, 6.07) is -0.00146. The molecule has 0 aliphatic heterocycles. The summed E-state index contributed by atoms with van der Waals surface area (Å²) in [5.41, 5.74) is 0. The van der Waals surface area contributed by atoms with Crippen molar-refractivity contribution in [1.82, 2.24) is 8.61 Å². The molecule has 18 heavy (non-hydrogen) atoms. The summed E-state index contributed by atoms with van der Waals surface area (Å²) >= 11 is 0. The van der Waals surface area contributed by atoms with Crippen molar-refractivity contribution in [2.45, 2.75) is 45.1 Å². The van der Waals surface area contributed by atoms with Crippen LogP contribution in [0.25, 0.3) is 0 Å². The lowest BCUT2D eigenvalue weighted by molar-refractivity contribution is -0.137. The molecule has 1 N–H and O–H groups in total. The summed E-state index contributed by atoms with van der Waals surface area (Å²) in [7, 11) is -1.95. The Morgan fingerprint density at radius 1 is 1.33 bits per heavy atom. The fourth-order valence-corrected chi connectivity index (χ4v) is 3.36. The second kappa shape index (κ2) is 6.49. The van der Waals surface area contributed by atoms with E-state index in [0.29, 0.717) is 6.54 Å². The molecule has 1 aliphatic carbocycles. The predicted octanol–water partition coefficient (Wildman–Crippen LogP) is 0.902. The molecule has 106 valence electrons. The van der Waals surface area contributed by atoms with Crippen molar-refractivity contribution in [3.05, 3.63) is 0 Å². The van der Waals surface area contributed by atoms with Crippen LogP contribution in [0.15, 0.2) is 0 Å². The minimum absolute atomic E-state index is 0.00146. The highest BCUT2D eigenvalue weighted by Gasteiger charge is 2.39. The first-order valence-electron chi connectivity index (χ1n) is 6.34. The van der Waals surface area contributed by atoms with E-state index >= 15 is 0 Å². The molecule has 0 radical (unpaired) electrons. The molecule has 0 unspecified atom stereocenters. The van der Waals surface area contributed by atoms with Crippen LogP contribution in [0.2, 0.25) is 0 Å². The minimum Gasteiger partial charge on any atom is -0.481 e. The van der Waals surface area contributed by atoms with Gasteiger partial charge in [-0.15, -0.1) is 0 Å². The fourth-order valence-electron chi connectivity index (χ4n) is 1.73. The zero-order chi connectivity index (χ0) is 13.8. The Labute approximate surface area is 109 Å². The molecule has 0 heterocycles. The molecule has 1 saturated carbocycles. The third kappa shape index (κ3) is 4.22. The van der Waals surface area contributed by atoms with Crippen molar-refractivity contribution in [3.63, 3.8) is 0 Å². The molecule has 0 bridgehead atoms. The van der Waals surface area contributed by atoms with Gasteiger partial charge in [-0.25, -0.2) is 0 Å². The van der Waals surface area contributed by atoms with Crippen LogP contribution in [0.3, 0.4) is 0 Å². The maximum Gasteiger partial charge on any atom is 0.304 e. The summed E-state index contributed by atoms with van der Waals surface area (Å²) in [5, 5.41) is 8.68. The summed E-state index contributed by atoms with van der Waals surface area (Å²) in [6.45, 7) is 2.55. The van der Waals surface area contributed by atoms with Crippen molar-refractivity contribution < 1.29 is 18.3 Å². The van der Waals surface area contributed by atoms with Crippen LogP contribution < -0.4 is 0 Å². The second-order valence-electron chi connectivity index (χ2n) is 4.67. The number of unbranched alkanes of at least 4 members (excludes halogenated alkanes) is 1. The first kappa shape index (κ1) is 15.4. The highest BCUT2D eigenvalue weighted by Crippen LogP contribution is 2.30. The Morgan fingerprint density at radius 2 is 1.94 bits per heavy atom. The quantitative estimate of drug-likeness (QED) is 0.680. The van der Waals surface area contributed by atoms with E-state index in [0.717, 1.165) is 25.7 Å². The van der Waals surface area contributed by atoms with Crippen molar-refractivity contribution >= 4 is 16.2 Å². The molecule has 1 fully saturated rings. The Bertz CT molecular complexity index is 379. The van der Waals surface area contributed by atoms with Crippen molar-refractivity contribution in [2.75, 3.05) is 20.1 Å². The van der Waals surface area contributed by atoms with Gasteiger partial charge in [-0.3, -0.25) is 4.79 Å². The summed E-state index contributed by atoms with van der Waals surface area (Å²) in [4.78, 5) is 10.6. The van der Waals surface area contributed by atoms with Crippen molar-refractivity contribution in [3.8, 4) is 0 Å². The largest absolute Gasteiger partial charge is 0.481 e. The summed E-state index contributed by atoms with van der Waals surface area (Å²) < 4.78 is 27.3. The van der Waals surface area contributed by atoms with Gasteiger partial charge in [-0.2, -0.15) is 17.0 Å². The molecular weight excluding hydrogens is 256 g/mol. The van der Waals surface area contributed by atoms with Crippen LogP contribution in [0.5, 0.6) is 0 Å². The number of carbonyl (C=O) groups is 1. The van der Waals surface area contributed by atoms with Crippen LogP contribution >= 0.6 is 0 Å². The molecule has 0 saturated heterocycles. The normalized spacial score (nSPS) is 16.4. The van der Waals surface area contributed by atoms with E-state index in [-0.39, 0.29) is 19.0 Å². The maximum atomic E-state index is 12.3. The number of carboxylic acids is 1. The lowest BCUT2D eigenvalue weighted by Crippen LogP contribution is -2.44. The van der Waals surface area contributed by atoms with Gasteiger partial charge in [0.2, 0.25) is 0 Å². The van der Waals surface area contributed by atoms with Crippen LogP contribution in [-0.4, -0.2) is 54.3 Å². The summed E-state index contributed by atoms with van der Waals surface area (Å²) in [5.74, 6) is -0.966. The van der Waals surface area contributed by atoms with Gasteiger partial charge in [0, 0.05) is 26.2 Å². The number of hydrogen-bond donors (Lipinski definition) is 1. The van der Waals surface area contributed by atoms with Gasteiger partial charge in [-0.1, -0.05) is 13.3 Å². The zero-order valence-corrected chi connectivity index (χ0v) is 11.8. The molecule has 1 aliphatic rings. The molecular formula is C11H22N2O4S. The van der Waals surface area contributed by atoms with Crippen LogP contribution in [0.1, 0.15) is 39.0 Å². The molecule has 7 heteroatoms. The topological polar surface area (TPSA) is 77.9 Å². The standard InChI is InChI=1S/C11H22N2O4S/c1-3-4-8-12(2)18(16,17)13(10-5-6-10)9-7-11(14)15/h10H,3-9H2,1-2H3,(H,14,15). The molecule has 1 rings (SSSR count). The lowest BCUT2D eigenvalue weighted by atomic mass is 10.3. The molecule has 0 aromatic carbocycles. The molecule has 0 aromatic heterocycles. The van der Waals surface area contributed by atoms with E-state index in [2.05, 4.69) is 0 Å². The average molecular weight is 278 g/mol. The van der Waals surface area contributed by atoms with Gasteiger partial charge >= 0.3 is 5.97 Å². The molecule has 0 atom stereocenters. The maximum absolute atomic E-state index is 12.3. The van der Waals surface area contributed by atoms with Gasteiger partial charge in [-0.05, 0) is 19.3 Å². The Hall–Kier alpha value is -0.660. The number of rotatable bonds is 9. The Balaban J connectivity index is 2.67. The number of carboxylic acid groups (broad SMARTS) is 1. The van der Waals surface area contributed by atoms with Crippen molar-refractivity contribution in [1.29, 1.82) is 0 Å². The predicted molar refractivity (Wildman–Crippen MR) is 68.4 cm³/mol. The Kier molecular flexibility index (Phi) is 5.55. The number of hydrogen-bond acceptors (Lipinski definition) is 3. The minimum atomic E-state index is -3.50. The van der Waals surface area contributed by atoms with Gasteiger partial charge in [0.25, 0.3) is 10.2 Å². The SMILES string of the molecule is CCCCN(C)S(=O)(=O)N(CCC(=O)O)C1CC1. The molecule has 6 nitrogen and oxygen atoms in total. The zero-order valence-electron chi connectivity index (χ0n) is 11.0. The van der Waals surface area contributed by atoms with E-state index in [1.807, 2.05) is 6.92 Å². The van der Waals surface area contributed by atoms with E-state index in [1.165, 1.54) is 8.61 Å². The number of nitrogens with zero attached hydrogens (tertiary/aromatic N) is 2. The van der Waals surface area contributed by atoms with Crippen LogP contribution in [0, 0.1) is 0 Å². The lowest BCUT2D eigenvalue weighted by Gasteiger charge is -2.27. The highest BCUT2D eigenvalue weighted by molar-refractivity contribution is 7.86. The highest BCUT2D eigenvalue weighted by atomic mass is 32.2. The first-order chi connectivity index (χ1) is 8.39. The average Bonchev–Trinajstić information content (AvgIpc) is 3.09.